The van der Waals surface area contributed by atoms with Gasteiger partial charge >= 0.3 is 0 Å². The molecule has 1 heterocycles. The molecule has 1 fully saturated rings. The molecule has 6 nitrogen and oxygen atoms in total. The third kappa shape index (κ3) is 4.99. The molecule has 2 atom stereocenters. The van der Waals surface area contributed by atoms with Crippen molar-refractivity contribution in [2.45, 2.75) is 44.5 Å². The molecular formula is C11H23N3O3. The second-order valence-corrected chi connectivity index (χ2v) is 5.34. The van der Waals surface area contributed by atoms with Crippen LogP contribution in [0.1, 0.15) is 26.7 Å². The van der Waals surface area contributed by atoms with Crippen LogP contribution in [-0.4, -0.2) is 53.9 Å². The highest BCUT2D eigenvalue weighted by Crippen LogP contribution is 2.20. The van der Waals surface area contributed by atoms with Crippen LogP contribution < -0.4 is 11.3 Å². The van der Waals surface area contributed by atoms with Gasteiger partial charge in [-0.3, -0.25) is 10.2 Å². The molecule has 1 aliphatic heterocycles. The van der Waals surface area contributed by atoms with Crippen molar-refractivity contribution in [2.24, 2.45) is 5.84 Å². The molecule has 1 rings (SSSR count). The van der Waals surface area contributed by atoms with Gasteiger partial charge in [-0.25, -0.2) is 5.84 Å². The Balaban J connectivity index is 2.32. The Morgan fingerprint density at radius 3 is 2.76 bits per heavy atom. The van der Waals surface area contributed by atoms with Gasteiger partial charge in [0.1, 0.15) is 6.10 Å². The van der Waals surface area contributed by atoms with Gasteiger partial charge in [-0.1, -0.05) is 0 Å². The maximum absolute atomic E-state index is 11.3. The van der Waals surface area contributed by atoms with Gasteiger partial charge in [0.25, 0.3) is 5.91 Å². The van der Waals surface area contributed by atoms with Gasteiger partial charge in [-0.15, -0.1) is 0 Å². The van der Waals surface area contributed by atoms with Crippen molar-refractivity contribution < 1.29 is 14.6 Å². The van der Waals surface area contributed by atoms with Crippen LogP contribution in [0.2, 0.25) is 0 Å². The molecular weight excluding hydrogens is 222 g/mol. The van der Waals surface area contributed by atoms with Crippen LogP contribution in [0.15, 0.2) is 0 Å². The molecule has 0 spiro atoms. The molecule has 100 valence electrons. The summed E-state index contributed by atoms with van der Waals surface area (Å²) in [5, 5.41) is 9.68. The van der Waals surface area contributed by atoms with Crippen molar-refractivity contribution >= 4 is 5.91 Å². The summed E-state index contributed by atoms with van der Waals surface area (Å²) in [6.45, 7) is 4.81. The zero-order valence-electron chi connectivity index (χ0n) is 10.8. The van der Waals surface area contributed by atoms with E-state index in [9.17, 15) is 9.90 Å². The highest BCUT2D eigenvalue weighted by Gasteiger charge is 2.31. The monoisotopic (exact) mass is 245 g/mol. The first-order valence-corrected chi connectivity index (χ1v) is 5.88. The first kappa shape index (κ1) is 14.4. The standard InChI is InChI=1S/C11H23N3O3/c1-11(2,16)7-14(3)6-8-4-5-9(17-8)10(15)13-12/h8-9,16H,4-7,12H2,1-3H3,(H,13,15). The molecule has 0 bridgehead atoms. The fourth-order valence-corrected chi connectivity index (χ4v) is 2.20. The topological polar surface area (TPSA) is 87.8 Å². The van der Waals surface area contributed by atoms with Crippen molar-refractivity contribution in [2.75, 3.05) is 20.1 Å². The van der Waals surface area contributed by atoms with Crippen LogP contribution >= 0.6 is 0 Å². The summed E-state index contributed by atoms with van der Waals surface area (Å²) in [4.78, 5) is 13.3. The van der Waals surface area contributed by atoms with E-state index in [0.29, 0.717) is 19.5 Å². The minimum absolute atomic E-state index is 0.0321. The number of hydrogen-bond donors (Lipinski definition) is 3. The van der Waals surface area contributed by atoms with Gasteiger partial charge in [0.2, 0.25) is 0 Å². The van der Waals surface area contributed by atoms with E-state index in [1.165, 1.54) is 0 Å². The van der Waals surface area contributed by atoms with Gasteiger partial charge in [-0.2, -0.15) is 0 Å². The molecule has 0 aromatic heterocycles. The summed E-state index contributed by atoms with van der Waals surface area (Å²) in [6.07, 6.45) is 1.14. The van der Waals surface area contributed by atoms with E-state index in [0.717, 1.165) is 6.42 Å². The smallest absolute Gasteiger partial charge is 0.263 e. The summed E-state index contributed by atoms with van der Waals surface area (Å²) in [6, 6.07) is 0. The summed E-state index contributed by atoms with van der Waals surface area (Å²) in [5.41, 5.74) is 1.38. The molecule has 1 aliphatic rings. The number of hydrazine groups is 1. The van der Waals surface area contributed by atoms with E-state index in [1.54, 1.807) is 13.8 Å². The van der Waals surface area contributed by atoms with Crippen LogP contribution in [0.4, 0.5) is 0 Å². The minimum atomic E-state index is -0.721. The molecule has 2 unspecified atom stereocenters. The molecule has 0 aliphatic carbocycles. The number of rotatable bonds is 5. The number of likely N-dealkylation sites (N-methyl/N-ethyl adjacent to an activating group) is 1. The zero-order chi connectivity index (χ0) is 13.1. The van der Waals surface area contributed by atoms with Crippen molar-refractivity contribution in [3.8, 4) is 0 Å². The summed E-state index contributed by atoms with van der Waals surface area (Å²) in [5.74, 6) is 4.79. The highest BCUT2D eigenvalue weighted by atomic mass is 16.5. The minimum Gasteiger partial charge on any atom is -0.389 e. The van der Waals surface area contributed by atoms with Crippen molar-refractivity contribution in [1.29, 1.82) is 0 Å². The van der Waals surface area contributed by atoms with Gasteiger partial charge in [-0.05, 0) is 33.7 Å². The van der Waals surface area contributed by atoms with Gasteiger partial charge in [0.15, 0.2) is 0 Å². The lowest BCUT2D eigenvalue weighted by atomic mass is 10.1. The lowest BCUT2D eigenvalue weighted by Crippen LogP contribution is -2.41. The van der Waals surface area contributed by atoms with E-state index in [1.807, 2.05) is 11.9 Å². The second kappa shape index (κ2) is 5.77. The quantitative estimate of drug-likeness (QED) is 0.336. The van der Waals surface area contributed by atoms with Gasteiger partial charge in [0, 0.05) is 13.1 Å². The van der Waals surface area contributed by atoms with E-state index >= 15 is 0 Å². The van der Waals surface area contributed by atoms with E-state index in [2.05, 4.69) is 5.43 Å². The zero-order valence-corrected chi connectivity index (χ0v) is 10.8. The maximum atomic E-state index is 11.3. The fraction of sp³-hybridized carbons (Fsp3) is 0.909. The number of aliphatic hydroxyl groups is 1. The summed E-state index contributed by atoms with van der Waals surface area (Å²) < 4.78 is 5.58. The normalized spacial score (nSPS) is 25.3. The Labute approximate surface area is 102 Å². The Hall–Kier alpha value is -0.690. The third-order valence-corrected chi connectivity index (χ3v) is 2.71. The molecule has 0 aromatic rings. The van der Waals surface area contributed by atoms with Crippen LogP contribution in [-0.2, 0) is 9.53 Å². The Kier molecular flexibility index (Phi) is 4.88. The number of amides is 1. The third-order valence-electron chi connectivity index (χ3n) is 2.71. The van der Waals surface area contributed by atoms with Gasteiger partial charge in [0.05, 0.1) is 11.7 Å². The van der Waals surface area contributed by atoms with Crippen LogP contribution in [0, 0.1) is 0 Å². The average molecular weight is 245 g/mol. The number of hydrogen-bond acceptors (Lipinski definition) is 5. The predicted octanol–water partition coefficient (Wildman–Crippen LogP) is -0.773. The Morgan fingerprint density at radius 2 is 2.24 bits per heavy atom. The highest BCUT2D eigenvalue weighted by molar-refractivity contribution is 5.80. The number of nitrogens with one attached hydrogen (secondary N) is 1. The van der Waals surface area contributed by atoms with E-state index in [-0.39, 0.29) is 12.0 Å². The van der Waals surface area contributed by atoms with E-state index < -0.39 is 11.7 Å². The largest absolute Gasteiger partial charge is 0.389 e. The van der Waals surface area contributed by atoms with Crippen LogP contribution in [0.5, 0.6) is 0 Å². The first-order chi connectivity index (χ1) is 7.81. The first-order valence-electron chi connectivity index (χ1n) is 5.88. The number of carbonyl (C=O) groups excluding carboxylic acids is 1. The van der Waals surface area contributed by atoms with Crippen molar-refractivity contribution in [1.82, 2.24) is 10.3 Å². The molecule has 4 N–H and O–H groups in total. The maximum Gasteiger partial charge on any atom is 0.263 e. The molecule has 0 radical (unpaired) electrons. The number of carbonyl (C=O) groups is 1. The Morgan fingerprint density at radius 1 is 1.59 bits per heavy atom. The lowest BCUT2D eigenvalue weighted by Gasteiger charge is -2.27. The molecule has 0 saturated carbocycles. The SMILES string of the molecule is CN(CC1CCC(C(=O)NN)O1)CC(C)(C)O. The Bertz CT molecular complexity index is 265. The second-order valence-electron chi connectivity index (χ2n) is 5.34. The molecule has 1 amide bonds. The van der Waals surface area contributed by atoms with Crippen molar-refractivity contribution in [3.63, 3.8) is 0 Å². The van der Waals surface area contributed by atoms with Crippen LogP contribution in [0.25, 0.3) is 0 Å². The molecule has 6 heteroatoms. The molecule has 1 saturated heterocycles. The summed E-state index contributed by atoms with van der Waals surface area (Å²) in [7, 11) is 1.93. The number of ether oxygens (including phenoxy) is 1. The molecule has 17 heavy (non-hydrogen) atoms. The molecule has 0 aromatic carbocycles. The summed E-state index contributed by atoms with van der Waals surface area (Å²) >= 11 is 0. The predicted molar refractivity (Wildman–Crippen MR) is 64.0 cm³/mol. The average Bonchev–Trinajstić information content (AvgIpc) is 2.62. The fourth-order valence-electron chi connectivity index (χ4n) is 2.20. The number of nitrogens with zero attached hydrogens (tertiary/aromatic N) is 1. The lowest BCUT2D eigenvalue weighted by molar-refractivity contribution is -0.132. The van der Waals surface area contributed by atoms with Gasteiger partial charge < -0.3 is 14.7 Å². The number of nitrogens with two attached hydrogens (primary N) is 1. The van der Waals surface area contributed by atoms with Crippen molar-refractivity contribution in [3.05, 3.63) is 0 Å². The van der Waals surface area contributed by atoms with Crippen LogP contribution in [0.3, 0.4) is 0 Å². The van der Waals surface area contributed by atoms with E-state index in [4.69, 9.17) is 10.6 Å².